The highest BCUT2D eigenvalue weighted by molar-refractivity contribution is 5.70. The largest absolute Gasteiger partial charge is 0.460 e. The van der Waals surface area contributed by atoms with E-state index in [1.54, 1.807) is 12.3 Å². The summed E-state index contributed by atoms with van der Waals surface area (Å²) >= 11 is 0. The molecule has 82 valence electrons. The van der Waals surface area contributed by atoms with Crippen molar-refractivity contribution in [3.05, 3.63) is 24.3 Å². The lowest BCUT2D eigenvalue weighted by molar-refractivity contribution is -0.154. The van der Waals surface area contributed by atoms with Gasteiger partial charge in [-0.05, 0) is 26.8 Å². The number of carbonyl (C=O) groups excluding carboxylic acids is 1. The number of esters is 1. The minimum absolute atomic E-state index is 0.193. The van der Waals surface area contributed by atoms with Gasteiger partial charge in [0.1, 0.15) is 11.9 Å². The van der Waals surface area contributed by atoms with Crippen LogP contribution in [-0.2, 0) is 16.0 Å². The molecule has 0 saturated carbocycles. The van der Waals surface area contributed by atoms with Crippen molar-refractivity contribution in [1.82, 2.24) is 9.97 Å². The van der Waals surface area contributed by atoms with Crippen molar-refractivity contribution < 1.29 is 9.53 Å². The van der Waals surface area contributed by atoms with Gasteiger partial charge in [0.05, 0.1) is 6.42 Å². The van der Waals surface area contributed by atoms with E-state index in [4.69, 9.17) is 4.74 Å². The molecule has 0 amide bonds. The lowest BCUT2D eigenvalue weighted by Crippen LogP contribution is -2.24. The van der Waals surface area contributed by atoms with Crippen molar-refractivity contribution in [2.24, 2.45) is 0 Å². The molecule has 1 rings (SSSR count). The molecule has 0 saturated heterocycles. The molecule has 0 radical (unpaired) electrons. The minimum atomic E-state index is -0.414. The second-order valence-corrected chi connectivity index (χ2v) is 4.29. The molecular weight excluding hydrogens is 192 g/mol. The average molecular weight is 208 g/mol. The van der Waals surface area contributed by atoms with Crippen LogP contribution in [0.3, 0.4) is 0 Å². The quantitative estimate of drug-likeness (QED) is 0.710. The maximum atomic E-state index is 11.4. The second kappa shape index (κ2) is 4.87. The summed E-state index contributed by atoms with van der Waals surface area (Å²) in [6.07, 6.45) is 4.09. The second-order valence-electron chi connectivity index (χ2n) is 4.29. The van der Waals surface area contributed by atoms with E-state index in [0.29, 0.717) is 12.8 Å². The number of aryl methyl sites for hydroxylation is 1. The van der Waals surface area contributed by atoms with E-state index in [9.17, 15) is 4.79 Å². The van der Waals surface area contributed by atoms with Gasteiger partial charge in [-0.15, -0.1) is 0 Å². The first kappa shape index (κ1) is 11.6. The van der Waals surface area contributed by atoms with Gasteiger partial charge < -0.3 is 4.74 Å². The predicted molar refractivity (Wildman–Crippen MR) is 56.2 cm³/mol. The third-order valence-electron chi connectivity index (χ3n) is 1.65. The Balaban J connectivity index is 2.35. The number of carbonyl (C=O) groups is 1. The maximum absolute atomic E-state index is 11.4. The molecule has 0 N–H and O–H groups in total. The van der Waals surface area contributed by atoms with Crippen molar-refractivity contribution in [2.45, 2.75) is 39.2 Å². The SMILES string of the molecule is CC(C)(C)OC(=O)CCc1ccncn1. The highest BCUT2D eigenvalue weighted by Crippen LogP contribution is 2.09. The van der Waals surface area contributed by atoms with Crippen LogP contribution < -0.4 is 0 Å². The van der Waals surface area contributed by atoms with Crippen LogP contribution in [0, 0.1) is 0 Å². The molecular formula is C11H16N2O2. The van der Waals surface area contributed by atoms with Gasteiger partial charge in [0.25, 0.3) is 0 Å². The molecule has 4 nitrogen and oxygen atoms in total. The third kappa shape index (κ3) is 5.10. The van der Waals surface area contributed by atoms with E-state index in [1.165, 1.54) is 6.33 Å². The minimum Gasteiger partial charge on any atom is -0.460 e. The molecule has 0 spiro atoms. The van der Waals surface area contributed by atoms with Gasteiger partial charge >= 0.3 is 5.97 Å². The van der Waals surface area contributed by atoms with E-state index in [0.717, 1.165) is 5.69 Å². The molecule has 0 unspecified atom stereocenters. The zero-order valence-electron chi connectivity index (χ0n) is 9.36. The van der Waals surface area contributed by atoms with E-state index < -0.39 is 5.60 Å². The molecule has 0 fully saturated rings. The van der Waals surface area contributed by atoms with Crippen LogP contribution in [0.4, 0.5) is 0 Å². The third-order valence-corrected chi connectivity index (χ3v) is 1.65. The Morgan fingerprint density at radius 3 is 2.73 bits per heavy atom. The molecule has 0 atom stereocenters. The monoisotopic (exact) mass is 208 g/mol. The van der Waals surface area contributed by atoms with Gasteiger partial charge in [-0.2, -0.15) is 0 Å². The summed E-state index contributed by atoms with van der Waals surface area (Å²) in [6.45, 7) is 5.57. The molecule has 0 aliphatic heterocycles. The lowest BCUT2D eigenvalue weighted by atomic mass is 10.2. The molecule has 0 bridgehead atoms. The summed E-state index contributed by atoms with van der Waals surface area (Å²) in [7, 11) is 0. The molecule has 4 heteroatoms. The highest BCUT2D eigenvalue weighted by atomic mass is 16.6. The van der Waals surface area contributed by atoms with Gasteiger partial charge in [-0.3, -0.25) is 4.79 Å². The van der Waals surface area contributed by atoms with Crippen LogP contribution >= 0.6 is 0 Å². The van der Waals surface area contributed by atoms with Crippen molar-refractivity contribution in [3.63, 3.8) is 0 Å². The Morgan fingerprint density at radius 1 is 1.47 bits per heavy atom. The average Bonchev–Trinajstić information content (AvgIpc) is 2.14. The summed E-state index contributed by atoms with van der Waals surface area (Å²) < 4.78 is 5.18. The molecule has 1 aromatic rings. The number of hydrogen-bond acceptors (Lipinski definition) is 4. The summed E-state index contributed by atoms with van der Waals surface area (Å²) in [5.41, 5.74) is 0.443. The van der Waals surface area contributed by atoms with Crippen LogP contribution in [0.5, 0.6) is 0 Å². The van der Waals surface area contributed by atoms with Crippen molar-refractivity contribution in [2.75, 3.05) is 0 Å². The number of aromatic nitrogens is 2. The van der Waals surface area contributed by atoms with Crippen LogP contribution in [-0.4, -0.2) is 21.5 Å². The van der Waals surface area contributed by atoms with Crippen LogP contribution in [0.15, 0.2) is 18.6 Å². The standard InChI is InChI=1S/C11H16N2O2/c1-11(2,3)15-10(14)5-4-9-6-7-12-8-13-9/h6-8H,4-5H2,1-3H3. The first-order valence-corrected chi connectivity index (χ1v) is 4.94. The Hall–Kier alpha value is -1.45. The first-order valence-electron chi connectivity index (χ1n) is 4.94. The Labute approximate surface area is 89.7 Å². The number of ether oxygens (including phenoxy) is 1. The summed E-state index contributed by atoms with van der Waals surface area (Å²) in [6, 6.07) is 1.80. The Bertz CT molecular complexity index is 317. The Morgan fingerprint density at radius 2 is 2.20 bits per heavy atom. The molecule has 0 aliphatic rings. The van der Waals surface area contributed by atoms with Crippen LogP contribution in [0.2, 0.25) is 0 Å². The van der Waals surface area contributed by atoms with E-state index in [-0.39, 0.29) is 5.97 Å². The fraction of sp³-hybridized carbons (Fsp3) is 0.545. The van der Waals surface area contributed by atoms with Crippen LogP contribution in [0.25, 0.3) is 0 Å². The summed E-state index contributed by atoms with van der Waals surface area (Å²) in [5, 5.41) is 0. The molecule has 0 aliphatic carbocycles. The molecule has 1 heterocycles. The van der Waals surface area contributed by atoms with E-state index in [1.807, 2.05) is 20.8 Å². The predicted octanol–water partition coefficient (Wildman–Crippen LogP) is 1.75. The Kier molecular flexibility index (Phi) is 3.77. The highest BCUT2D eigenvalue weighted by Gasteiger charge is 2.15. The first-order chi connectivity index (χ1) is 6.97. The smallest absolute Gasteiger partial charge is 0.306 e. The summed E-state index contributed by atoms with van der Waals surface area (Å²) in [4.78, 5) is 19.2. The molecule has 15 heavy (non-hydrogen) atoms. The number of rotatable bonds is 3. The van der Waals surface area contributed by atoms with Crippen molar-refractivity contribution in [1.29, 1.82) is 0 Å². The fourth-order valence-electron chi connectivity index (χ4n) is 1.09. The van der Waals surface area contributed by atoms with Gasteiger partial charge in [0.15, 0.2) is 0 Å². The normalized spacial score (nSPS) is 11.1. The van der Waals surface area contributed by atoms with E-state index in [2.05, 4.69) is 9.97 Å². The zero-order valence-corrected chi connectivity index (χ0v) is 9.36. The van der Waals surface area contributed by atoms with Crippen molar-refractivity contribution in [3.8, 4) is 0 Å². The molecule has 1 aromatic heterocycles. The van der Waals surface area contributed by atoms with E-state index >= 15 is 0 Å². The van der Waals surface area contributed by atoms with Gasteiger partial charge in [0.2, 0.25) is 0 Å². The van der Waals surface area contributed by atoms with Gasteiger partial charge in [-0.1, -0.05) is 0 Å². The van der Waals surface area contributed by atoms with Gasteiger partial charge in [0, 0.05) is 18.3 Å². The van der Waals surface area contributed by atoms with Crippen LogP contribution in [0.1, 0.15) is 32.9 Å². The number of hydrogen-bond donors (Lipinski definition) is 0. The van der Waals surface area contributed by atoms with Gasteiger partial charge in [-0.25, -0.2) is 9.97 Å². The number of nitrogens with zero attached hydrogens (tertiary/aromatic N) is 2. The molecule has 0 aromatic carbocycles. The summed E-state index contributed by atoms with van der Waals surface area (Å²) in [5.74, 6) is -0.193. The van der Waals surface area contributed by atoms with Crippen molar-refractivity contribution >= 4 is 5.97 Å². The lowest BCUT2D eigenvalue weighted by Gasteiger charge is -2.19. The topological polar surface area (TPSA) is 52.1 Å². The maximum Gasteiger partial charge on any atom is 0.306 e. The fourth-order valence-corrected chi connectivity index (χ4v) is 1.09. The zero-order chi connectivity index (χ0) is 11.3.